The van der Waals surface area contributed by atoms with Crippen LogP contribution in [0.4, 0.5) is 0 Å². The maximum absolute atomic E-state index is 2.44. The fourth-order valence-electron chi connectivity index (χ4n) is 2.74. The predicted octanol–water partition coefficient (Wildman–Crippen LogP) is 6.30. The molecule has 0 spiro atoms. The molecule has 0 aliphatic heterocycles. The van der Waals surface area contributed by atoms with Crippen molar-refractivity contribution in [2.45, 2.75) is 86.5 Å². The first-order valence-corrected chi connectivity index (χ1v) is 8.01. The summed E-state index contributed by atoms with van der Waals surface area (Å²) in [6.07, 6.45) is 9.95. The third-order valence-electron chi connectivity index (χ3n) is 4.50. The van der Waals surface area contributed by atoms with Gasteiger partial charge in [0.15, 0.2) is 0 Å². The SMILES string of the molecule is CCCC(CC)CCCC(C)CC(C)C(C)C. The molecule has 0 saturated heterocycles. The first-order valence-electron chi connectivity index (χ1n) is 8.01. The molecule has 0 aliphatic rings. The molecule has 17 heavy (non-hydrogen) atoms. The fraction of sp³-hybridized carbons (Fsp3) is 1.00. The van der Waals surface area contributed by atoms with Crippen molar-refractivity contribution in [1.29, 1.82) is 0 Å². The van der Waals surface area contributed by atoms with E-state index >= 15 is 0 Å². The van der Waals surface area contributed by atoms with Gasteiger partial charge in [-0.1, -0.05) is 80.1 Å². The largest absolute Gasteiger partial charge is 0.0654 e. The molecule has 0 amide bonds. The van der Waals surface area contributed by atoms with E-state index in [0.29, 0.717) is 0 Å². The lowest BCUT2D eigenvalue weighted by Crippen LogP contribution is -2.09. The maximum atomic E-state index is 2.44. The Labute approximate surface area is 111 Å². The highest BCUT2D eigenvalue weighted by molar-refractivity contribution is 4.64. The second-order valence-corrected chi connectivity index (χ2v) is 6.56. The van der Waals surface area contributed by atoms with Crippen LogP contribution in [-0.4, -0.2) is 0 Å². The van der Waals surface area contributed by atoms with Crippen LogP contribution in [0.15, 0.2) is 0 Å². The molecule has 0 radical (unpaired) electrons. The summed E-state index contributed by atoms with van der Waals surface area (Å²) in [7, 11) is 0. The van der Waals surface area contributed by atoms with Crippen molar-refractivity contribution in [1.82, 2.24) is 0 Å². The van der Waals surface area contributed by atoms with Crippen LogP contribution in [0.3, 0.4) is 0 Å². The van der Waals surface area contributed by atoms with Crippen molar-refractivity contribution < 1.29 is 0 Å². The third-order valence-corrected chi connectivity index (χ3v) is 4.50. The van der Waals surface area contributed by atoms with E-state index in [9.17, 15) is 0 Å². The van der Waals surface area contributed by atoms with Crippen LogP contribution in [0, 0.1) is 23.7 Å². The van der Waals surface area contributed by atoms with Crippen molar-refractivity contribution in [3.63, 3.8) is 0 Å². The molecule has 0 saturated carbocycles. The van der Waals surface area contributed by atoms with E-state index in [2.05, 4.69) is 41.5 Å². The number of rotatable bonds is 10. The summed E-state index contributed by atoms with van der Waals surface area (Å²) in [5.41, 5.74) is 0. The van der Waals surface area contributed by atoms with E-state index in [-0.39, 0.29) is 0 Å². The van der Waals surface area contributed by atoms with Crippen LogP contribution in [0.1, 0.15) is 86.5 Å². The first kappa shape index (κ1) is 17.0. The molecule has 0 N–H and O–H groups in total. The molecule has 0 aromatic heterocycles. The van der Waals surface area contributed by atoms with Crippen LogP contribution in [-0.2, 0) is 0 Å². The van der Waals surface area contributed by atoms with Crippen LogP contribution < -0.4 is 0 Å². The summed E-state index contributed by atoms with van der Waals surface area (Å²) in [5, 5.41) is 0. The third kappa shape index (κ3) is 8.69. The molecule has 0 heteroatoms. The zero-order chi connectivity index (χ0) is 13.3. The monoisotopic (exact) mass is 240 g/mol. The van der Waals surface area contributed by atoms with Gasteiger partial charge in [0, 0.05) is 0 Å². The maximum Gasteiger partial charge on any atom is -0.0417 e. The second kappa shape index (κ2) is 9.97. The Morgan fingerprint density at radius 3 is 1.94 bits per heavy atom. The fourth-order valence-corrected chi connectivity index (χ4v) is 2.74. The summed E-state index contributed by atoms with van der Waals surface area (Å²) < 4.78 is 0. The van der Waals surface area contributed by atoms with Gasteiger partial charge in [-0.05, 0) is 30.1 Å². The number of hydrogen-bond donors (Lipinski definition) is 0. The van der Waals surface area contributed by atoms with Crippen molar-refractivity contribution in [3.05, 3.63) is 0 Å². The molecule has 0 fully saturated rings. The van der Waals surface area contributed by atoms with Gasteiger partial charge in [0.05, 0.1) is 0 Å². The Kier molecular flexibility index (Phi) is 9.97. The minimum absolute atomic E-state index is 0.848. The number of hydrogen-bond acceptors (Lipinski definition) is 0. The quantitative estimate of drug-likeness (QED) is 0.420. The molecule has 0 bridgehead atoms. The zero-order valence-electron chi connectivity index (χ0n) is 13.3. The van der Waals surface area contributed by atoms with E-state index in [1.165, 1.54) is 44.9 Å². The highest BCUT2D eigenvalue weighted by atomic mass is 14.2. The van der Waals surface area contributed by atoms with Crippen molar-refractivity contribution in [2.75, 3.05) is 0 Å². The second-order valence-electron chi connectivity index (χ2n) is 6.56. The Bertz CT molecular complexity index is 159. The van der Waals surface area contributed by atoms with Gasteiger partial charge in [-0.15, -0.1) is 0 Å². The Hall–Kier alpha value is 0. The first-order chi connectivity index (χ1) is 8.01. The molecular formula is C17H36. The van der Waals surface area contributed by atoms with Crippen molar-refractivity contribution >= 4 is 0 Å². The van der Waals surface area contributed by atoms with Crippen LogP contribution in [0.25, 0.3) is 0 Å². The lowest BCUT2D eigenvalue weighted by atomic mass is 9.85. The minimum Gasteiger partial charge on any atom is -0.0654 e. The Balaban J connectivity index is 3.65. The van der Waals surface area contributed by atoms with Crippen molar-refractivity contribution in [3.8, 4) is 0 Å². The lowest BCUT2D eigenvalue weighted by Gasteiger charge is -2.21. The molecule has 3 atom stereocenters. The molecule has 104 valence electrons. The Morgan fingerprint density at radius 1 is 0.824 bits per heavy atom. The van der Waals surface area contributed by atoms with E-state index in [0.717, 1.165) is 23.7 Å². The topological polar surface area (TPSA) is 0 Å². The standard InChI is InChI=1S/C17H36/c1-7-10-17(8-2)12-9-11-15(5)13-16(6)14(3)4/h14-17H,7-13H2,1-6H3. The van der Waals surface area contributed by atoms with Gasteiger partial charge in [-0.2, -0.15) is 0 Å². The summed E-state index contributed by atoms with van der Waals surface area (Å²) in [4.78, 5) is 0. The molecular weight excluding hydrogens is 204 g/mol. The normalized spacial score (nSPS) is 17.1. The van der Waals surface area contributed by atoms with E-state index in [1.54, 1.807) is 0 Å². The highest BCUT2D eigenvalue weighted by Gasteiger charge is 2.12. The van der Waals surface area contributed by atoms with Gasteiger partial charge in [0.2, 0.25) is 0 Å². The van der Waals surface area contributed by atoms with Gasteiger partial charge in [-0.3, -0.25) is 0 Å². The lowest BCUT2D eigenvalue weighted by molar-refractivity contribution is 0.306. The smallest absolute Gasteiger partial charge is 0.0417 e. The van der Waals surface area contributed by atoms with E-state index < -0.39 is 0 Å². The summed E-state index contributed by atoms with van der Waals surface area (Å²) in [6.45, 7) is 14.2. The minimum atomic E-state index is 0.848. The van der Waals surface area contributed by atoms with Gasteiger partial charge >= 0.3 is 0 Å². The van der Waals surface area contributed by atoms with Crippen LogP contribution in [0.5, 0.6) is 0 Å². The molecule has 0 aromatic rings. The van der Waals surface area contributed by atoms with E-state index in [1.807, 2.05) is 0 Å². The van der Waals surface area contributed by atoms with Gasteiger partial charge in [0.1, 0.15) is 0 Å². The summed E-state index contributed by atoms with van der Waals surface area (Å²) in [5.74, 6) is 3.66. The van der Waals surface area contributed by atoms with Crippen LogP contribution in [0.2, 0.25) is 0 Å². The molecule has 0 heterocycles. The summed E-state index contributed by atoms with van der Waals surface area (Å²) >= 11 is 0. The molecule has 3 unspecified atom stereocenters. The zero-order valence-corrected chi connectivity index (χ0v) is 13.3. The van der Waals surface area contributed by atoms with Crippen LogP contribution >= 0.6 is 0 Å². The average Bonchev–Trinajstić information content (AvgIpc) is 2.27. The Morgan fingerprint density at radius 2 is 1.47 bits per heavy atom. The molecule has 0 rings (SSSR count). The highest BCUT2D eigenvalue weighted by Crippen LogP contribution is 2.25. The van der Waals surface area contributed by atoms with Gasteiger partial charge < -0.3 is 0 Å². The van der Waals surface area contributed by atoms with E-state index in [4.69, 9.17) is 0 Å². The summed E-state index contributed by atoms with van der Waals surface area (Å²) in [6, 6.07) is 0. The average molecular weight is 240 g/mol. The molecule has 0 nitrogen and oxygen atoms in total. The molecule has 0 aliphatic carbocycles. The predicted molar refractivity (Wildman–Crippen MR) is 80.3 cm³/mol. The van der Waals surface area contributed by atoms with Crippen molar-refractivity contribution in [2.24, 2.45) is 23.7 Å². The molecule has 0 aromatic carbocycles. The van der Waals surface area contributed by atoms with Gasteiger partial charge in [-0.25, -0.2) is 0 Å². The van der Waals surface area contributed by atoms with Gasteiger partial charge in [0.25, 0.3) is 0 Å².